The molecular weight excluding hydrogens is 314 g/mol. The normalized spacial score (nSPS) is 14.1. The van der Waals surface area contributed by atoms with E-state index in [0.717, 1.165) is 29.7 Å². The molecule has 2 N–H and O–H groups in total. The van der Waals surface area contributed by atoms with E-state index >= 15 is 0 Å². The summed E-state index contributed by atoms with van der Waals surface area (Å²) in [7, 11) is 0. The van der Waals surface area contributed by atoms with Gasteiger partial charge in [-0.2, -0.15) is 0 Å². The Labute approximate surface area is 132 Å². The quantitative estimate of drug-likeness (QED) is 0.733. The summed E-state index contributed by atoms with van der Waals surface area (Å²) in [5.41, 5.74) is 8.51. The molecule has 1 aromatic carbocycles. The molecule has 0 aliphatic rings. The fourth-order valence-corrected chi connectivity index (χ4v) is 3.01. The molecule has 20 heavy (non-hydrogen) atoms. The number of nitrogens with two attached hydrogens (primary N) is 1. The van der Waals surface area contributed by atoms with E-state index in [4.69, 9.17) is 10.5 Å². The molecule has 2 unspecified atom stereocenters. The van der Waals surface area contributed by atoms with Crippen LogP contribution in [0, 0.1) is 12.8 Å². The molecule has 0 saturated heterocycles. The fraction of sp³-hybridized carbons (Fsp3) is 0.647. The highest BCUT2D eigenvalue weighted by atomic mass is 79.9. The third kappa shape index (κ3) is 5.45. The van der Waals surface area contributed by atoms with E-state index in [2.05, 4.69) is 55.8 Å². The Morgan fingerprint density at radius 2 is 2.00 bits per heavy atom. The van der Waals surface area contributed by atoms with E-state index in [1.165, 1.54) is 24.0 Å². The zero-order valence-electron chi connectivity index (χ0n) is 13.2. The van der Waals surface area contributed by atoms with Crippen LogP contribution in [0.3, 0.4) is 0 Å². The molecule has 2 atom stereocenters. The summed E-state index contributed by atoms with van der Waals surface area (Å²) in [5, 5.41) is 0. The van der Waals surface area contributed by atoms with Crippen LogP contribution in [0.1, 0.15) is 51.2 Å². The molecule has 114 valence electrons. The Hall–Kier alpha value is -0.540. The van der Waals surface area contributed by atoms with Gasteiger partial charge in [-0.1, -0.05) is 43.1 Å². The first-order chi connectivity index (χ1) is 9.47. The summed E-state index contributed by atoms with van der Waals surface area (Å²) in [4.78, 5) is 0. The van der Waals surface area contributed by atoms with Gasteiger partial charge in [-0.15, -0.1) is 0 Å². The van der Waals surface area contributed by atoms with Gasteiger partial charge in [0.25, 0.3) is 0 Å². The van der Waals surface area contributed by atoms with Crippen LogP contribution in [-0.2, 0) is 6.42 Å². The minimum atomic E-state index is 0.194. The summed E-state index contributed by atoms with van der Waals surface area (Å²) in [6.45, 7) is 9.47. The zero-order chi connectivity index (χ0) is 15.1. The molecule has 2 nitrogen and oxygen atoms in total. The van der Waals surface area contributed by atoms with Crippen molar-refractivity contribution in [2.75, 3.05) is 6.61 Å². The van der Waals surface area contributed by atoms with Gasteiger partial charge in [-0.05, 0) is 55.4 Å². The van der Waals surface area contributed by atoms with Crippen LogP contribution in [-0.4, -0.2) is 12.6 Å². The van der Waals surface area contributed by atoms with Gasteiger partial charge in [-0.25, -0.2) is 0 Å². The Balaban J connectivity index is 2.86. The first-order valence-corrected chi connectivity index (χ1v) is 8.44. The number of rotatable bonds is 8. The summed E-state index contributed by atoms with van der Waals surface area (Å²) in [6, 6.07) is 4.45. The highest BCUT2D eigenvalue weighted by molar-refractivity contribution is 9.10. The van der Waals surface area contributed by atoms with Crippen LogP contribution in [0.15, 0.2) is 16.6 Å². The van der Waals surface area contributed by atoms with Crippen molar-refractivity contribution in [3.8, 4) is 5.75 Å². The number of ether oxygens (including phenoxy) is 1. The van der Waals surface area contributed by atoms with Crippen molar-refractivity contribution < 1.29 is 4.74 Å². The van der Waals surface area contributed by atoms with Gasteiger partial charge in [0.05, 0.1) is 6.61 Å². The molecule has 3 heteroatoms. The molecule has 0 bridgehead atoms. The number of aryl methyl sites for hydroxylation is 1. The van der Waals surface area contributed by atoms with Crippen molar-refractivity contribution in [3.05, 3.63) is 27.7 Å². The third-order valence-electron chi connectivity index (χ3n) is 3.62. The molecule has 0 aliphatic carbocycles. The maximum absolute atomic E-state index is 6.11. The van der Waals surface area contributed by atoms with Gasteiger partial charge < -0.3 is 10.5 Å². The summed E-state index contributed by atoms with van der Waals surface area (Å²) < 4.78 is 7.21. The second kappa shape index (κ2) is 8.68. The number of hydrogen-bond acceptors (Lipinski definition) is 2. The molecule has 1 rings (SSSR count). The van der Waals surface area contributed by atoms with Crippen LogP contribution in [0.25, 0.3) is 0 Å². The van der Waals surface area contributed by atoms with Gasteiger partial charge in [0.1, 0.15) is 5.75 Å². The topological polar surface area (TPSA) is 35.2 Å². The molecule has 0 amide bonds. The van der Waals surface area contributed by atoms with E-state index in [1.807, 2.05) is 0 Å². The second-order valence-corrected chi connectivity index (χ2v) is 6.70. The standard InChI is InChI=1S/C17H28BrNO/c1-5-7-12(3)11-20-17-13(4)8-15(18)9-14(17)10-16(19)6-2/h8-9,12,16H,5-7,10-11,19H2,1-4H3. The van der Waals surface area contributed by atoms with E-state index < -0.39 is 0 Å². The van der Waals surface area contributed by atoms with Gasteiger partial charge in [0.2, 0.25) is 0 Å². The van der Waals surface area contributed by atoms with Crippen LogP contribution >= 0.6 is 15.9 Å². The summed E-state index contributed by atoms with van der Waals surface area (Å²) >= 11 is 3.57. The molecule has 0 heterocycles. The van der Waals surface area contributed by atoms with E-state index in [-0.39, 0.29) is 6.04 Å². The average molecular weight is 342 g/mol. The maximum Gasteiger partial charge on any atom is 0.125 e. The lowest BCUT2D eigenvalue weighted by molar-refractivity contribution is 0.247. The minimum absolute atomic E-state index is 0.194. The lowest BCUT2D eigenvalue weighted by Gasteiger charge is -2.19. The molecular formula is C17H28BrNO. The van der Waals surface area contributed by atoms with Crippen molar-refractivity contribution in [2.45, 2.75) is 59.4 Å². The highest BCUT2D eigenvalue weighted by Gasteiger charge is 2.13. The van der Waals surface area contributed by atoms with E-state index in [9.17, 15) is 0 Å². The van der Waals surface area contributed by atoms with Crippen molar-refractivity contribution in [1.29, 1.82) is 0 Å². The van der Waals surface area contributed by atoms with Crippen LogP contribution < -0.4 is 10.5 Å². The second-order valence-electron chi connectivity index (χ2n) is 5.79. The first kappa shape index (κ1) is 17.5. The lowest BCUT2D eigenvalue weighted by atomic mass is 10.0. The SMILES string of the molecule is CCCC(C)COc1c(C)cc(Br)cc1CC(N)CC. The predicted octanol–water partition coefficient (Wildman–Crippen LogP) is 4.85. The van der Waals surface area contributed by atoms with Crippen molar-refractivity contribution in [2.24, 2.45) is 11.7 Å². The van der Waals surface area contributed by atoms with Crippen LogP contribution in [0.5, 0.6) is 5.75 Å². The van der Waals surface area contributed by atoms with Crippen LogP contribution in [0.4, 0.5) is 0 Å². The molecule has 0 aliphatic heterocycles. The van der Waals surface area contributed by atoms with Gasteiger partial charge in [-0.3, -0.25) is 0 Å². The maximum atomic E-state index is 6.11. The zero-order valence-corrected chi connectivity index (χ0v) is 14.8. The van der Waals surface area contributed by atoms with E-state index in [1.54, 1.807) is 0 Å². The van der Waals surface area contributed by atoms with Crippen molar-refractivity contribution >= 4 is 15.9 Å². The Morgan fingerprint density at radius 1 is 1.30 bits per heavy atom. The van der Waals surface area contributed by atoms with Crippen LogP contribution in [0.2, 0.25) is 0 Å². The summed E-state index contributed by atoms with van der Waals surface area (Å²) in [6.07, 6.45) is 4.27. The Morgan fingerprint density at radius 3 is 2.60 bits per heavy atom. The molecule has 0 fully saturated rings. The Kier molecular flexibility index (Phi) is 7.60. The van der Waals surface area contributed by atoms with Gasteiger partial charge in [0.15, 0.2) is 0 Å². The Bertz CT molecular complexity index is 420. The molecule has 0 saturated carbocycles. The number of halogens is 1. The monoisotopic (exact) mass is 341 g/mol. The molecule has 1 aromatic rings. The number of hydrogen-bond donors (Lipinski definition) is 1. The number of benzene rings is 1. The van der Waals surface area contributed by atoms with Gasteiger partial charge in [0, 0.05) is 10.5 Å². The molecule has 0 radical (unpaired) electrons. The minimum Gasteiger partial charge on any atom is -0.493 e. The van der Waals surface area contributed by atoms with Crippen molar-refractivity contribution in [1.82, 2.24) is 0 Å². The van der Waals surface area contributed by atoms with E-state index in [0.29, 0.717) is 5.92 Å². The highest BCUT2D eigenvalue weighted by Crippen LogP contribution is 2.30. The fourth-order valence-electron chi connectivity index (χ4n) is 2.39. The average Bonchev–Trinajstić information content (AvgIpc) is 2.37. The van der Waals surface area contributed by atoms with Crippen molar-refractivity contribution in [3.63, 3.8) is 0 Å². The van der Waals surface area contributed by atoms with Gasteiger partial charge >= 0.3 is 0 Å². The molecule has 0 spiro atoms. The largest absolute Gasteiger partial charge is 0.493 e. The third-order valence-corrected chi connectivity index (χ3v) is 4.07. The predicted molar refractivity (Wildman–Crippen MR) is 90.4 cm³/mol. The lowest BCUT2D eigenvalue weighted by Crippen LogP contribution is -2.22. The molecule has 0 aromatic heterocycles. The smallest absolute Gasteiger partial charge is 0.125 e. The first-order valence-electron chi connectivity index (χ1n) is 7.65. The summed E-state index contributed by atoms with van der Waals surface area (Å²) in [5.74, 6) is 1.62.